The van der Waals surface area contributed by atoms with Crippen molar-refractivity contribution in [1.29, 1.82) is 0 Å². The zero-order valence-electron chi connectivity index (χ0n) is 26.3. The number of rotatable bonds is 15. The highest BCUT2D eigenvalue weighted by Crippen LogP contribution is 2.31. The van der Waals surface area contributed by atoms with Gasteiger partial charge in [-0.3, -0.25) is 4.79 Å². The zero-order valence-corrected chi connectivity index (χ0v) is 28.7. The number of aliphatic imine (C=N–C) groups is 1. The van der Waals surface area contributed by atoms with E-state index in [-0.39, 0.29) is 11.6 Å². The number of anilines is 1. The van der Waals surface area contributed by atoms with Gasteiger partial charge in [-0.1, -0.05) is 49.9 Å². The lowest BCUT2D eigenvalue weighted by Gasteiger charge is -2.24. The predicted molar refractivity (Wildman–Crippen MR) is 183 cm³/mol. The number of halogens is 2. The Morgan fingerprint density at radius 3 is 2.18 bits per heavy atom. The molecule has 242 valence electrons. The first-order valence-corrected chi connectivity index (χ1v) is 17.8. The number of hydrogen-bond donors (Lipinski definition) is 1. The second-order valence-electron chi connectivity index (χ2n) is 10.9. The molecule has 1 aliphatic heterocycles. The molecular weight excluding hydrogens is 635 g/mol. The van der Waals surface area contributed by atoms with Crippen LogP contribution >= 0.6 is 23.2 Å². The van der Waals surface area contributed by atoms with E-state index >= 15 is 0 Å². The summed E-state index contributed by atoms with van der Waals surface area (Å²) in [5.74, 6) is 0.536. The van der Waals surface area contributed by atoms with Crippen molar-refractivity contribution in [3.8, 4) is 11.4 Å². The SMILES string of the molecule is CCCCN(CCCC)C(=O)C1=Nn2c(nnc2-c2cc(Cl)cc(Cl)c2)C1=Nc1ccc(N(CC)CCNS(C)(=O)=O)cc1C. The van der Waals surface area contributed by atoms with E-state index < -0.39 is 10.0 Å². The first-order chi connectivity index (χ1) is 21.4. The highest BCUT2D eigenvalue weighted by Gasteiger charge is 2.35. The Kier molecular flexibility index (Phi) is 11.8. The van der Waals surface area contributed by atoms with E-state index in [1.807, 2.05) is 36.9 Å². The average Bonchev–Trinajstić information content (AvgIpc) is 3.55. The summed E-state index contributed by atoms with van der Waals surface area (Å²) < 4.78 is 27.1. The van der Waals surface area contributed by atoms with Gasteiger partial charge in [-0.05, 0) is 68.7 Å². The fourth-order valence-corrected chi connectivity index (χ4v) is 5.95. The number of unbranched alkanes of at least 4 members (excludes halogenated alkanes) is 2. The monoisotopic (exact) mass is 674 g/mol. The maximum absolute atomic E-state index is 14.1. The lowest BCUT2D eigenvalue weighted by Crippen LogP contribution is -2.40. The Bertz CT molecular complexity index is 1680. The molecule has 0 saturated carbocycles. The lowest BCUT2D eigenvalue weighted by atomic mass is 10.1. The molecule has 1 N–H and O–H groups in total. The van der Waals surface area contributed by atoms with Crippen LogP contribution in [0.1, 0.15) is 57.8 Å². The van der Waals surface area contributed by atoms with Crippen LogP contribution in [0.4, 0.5) is 11.4 Å². The summed E-state index contributed by atoms with van der Waals surface area (Å²) in [5, 5.41) is 14.4. The Balaban J connectivity index is 1.75. The van der Waals surface area contributed by atoms with Crippen LogP contribution in [0.2, 0.25) is 10.0 Å². The van der Waals surface area contributed by atoms with E-state index in [1.54, 1.807) is 18.2 Å². The van der Waals surface area contributed by atoms with E-state index in [2.05, 4.69) is 33.7 Å². The van der Waals surface area contributed by atoms with Gasteiger partial charge >= 0.3 is 0 Å². The van der Waals surface area contributed by atoms with Gasteiger partial charge in [0.15, 0.2) is 11.5 Å². The second-order valence-corrected chi connectivity index (χ2v) is 13.6. The van der Waals surface area contributed by atoms with Gasteiger partial charge in [0.1, 0.15) is 5.71 Å². The van der Waals surface area contributed by atoms with Crippen LogP contribution in [0, 0.1) is 6.92 Å². The number of hydrogen-bond acceptors (Lipinski definition) is 8. The van der Waals surface area contributed by atoms with E-state index in [9.17, 15) is 13.2 Å². The Hall–Kier alpha value is -3.32. The Morgan fingerprint density at radius 2 is 1.60 bits per heavy atom. The van der Waals surface area contributed by atoms with Crippen LogP contribution in [-0.2, 0) is 14.8 Å². The molecule has 1 aliphatic rings. The first kappa shape index (κ1) is 34.6. The number of carbonyl (C=O) groups is 1. The molecule has 1 amide bonds. The number of aromatic nitrogens is 3. The molecule has 3 aromatic rings. The summed E-state index contributed by atoms with van der Waals surface area (Å²) in [6.45, 7) is 10.9. The Labute approximate surface area is 275 Å². The fourth-order valence-electron chi connectivity index (χ4n) is 4.97. The van der Waals surface area contributed by atoms with Crippen LogP contribution in [0.5, 0.6) is 0 Å². The van der Waals surface area contributed by atoms with Crippen molar-refractivity contribution in [2.24, 2.45) is 10.1 Å². The number of benzene rings is 2. The van der Waals surface area contributed by atoms with Gasteiger partial charge < -0.3 is 9.80 Å². The summed E-state index contributed by atoms with van der Waals surface area (Å²) in [4.78, 5) is 23.0. The minimum atomic E-state index is -3.28. The molecule has 0 radical (unpaired) electrons. The molecule has 0 bridgehead atoms. The van der Waals surface area contributed by atoms with Crippen molar-refractivity contribution in [3.63, 3.8) is 0 Å². The predicted octanol–water partition coefficient (Wildman–Crippen LogP) is 5.70. The van der Waals surface area contributed by atoms with Crippen LogP contribution in [0.15, 0.2) is 46.5 Å². The van der Waals surface area contributed by atoms with Crippen LogP contribution in [0.25, 0.3) is 11.4 Å². The quantitative estimate of drug-likeness (QED) is 0.220. The van der Waals surface area contributed by atoms with Gasteiger partial charge in [-0.15, -0.1) is 10.2 Å². The number of fused-ring (bicyclic) bond motifs is 1. The number of nitrogens with one attached hydrogen (secondary N) is 1. The number of amides is 1. The number of sulfonamides is 1. The number of aryl methyl sites for hydroxylation is 1. The Morgan fingerprint density at radius 1 is 0.956 bits per heavy atom. The summed E-state index contributed by atoms with van der Waals surface area (Å²) in [6, 6.07) is 10.9. The molecule has 0 fully saturated rings. The molecule has 2 heterocycles. The minimum absolute atomic E-state index is 0.201. The first-order valence-electron chi connectivity index (χ1n) is 15.2. The molecule has 0 atom stereocenters. The van der Waals surface area contributed by atoms with Crippen LogP contribution in [-0.4, -0.2) is 84.5 Å². The van der Waals surface area contributed by atoms with E-state index in [0.29, 0.717) is 71.4 Å². The second kappa shape index (κ2) is 15.3. The smallest absolute Gasteiger partial charge is 0.276 e. The molecule has 0 aliphatic carbocycles. The summed E-state index contributed by atoms with van der Waals surface area (Å²) >= 11 is 12.6. The van der Waals surface area contributed by atoms with Crippen molar-refractivity contribution in [3.05, 3.63) is 57.8 Å². The van der Waals surface area contributed by atoms with Crippen molar-refractivity contribution in [2.75, 3.05) is 43.9 Å². The molecule has 0 saturated heterocycles. The minimum Gasteiger partial charge on any atom is -0.370 e. The van der Waals surface area contributed by atoms with Crippen LogP contribution in [0.3, 0.4) is 0 Å². The summed E-state index contributed by atoms with van der Waals surface area (Å²) in [6.07, 6.45) is 4.81. The standard InChI is InChI=1S/C31H40Cl2N8O3S/c1-6-9-14-40(15-10-7-2)31(42)28-27(30-37-36-29(41(30)38-28)22-18-23(32)20-24(33)19-22)35-26-12-11-25(17-21(26)4)39(8-3)16-13-34-45(5,43)44/h11-12,17-20,34H,6-10,13-16H2,1-5H3. The van der Waals surface area contributed by atoms with Crippen molar-refractivity contribution >= 4 is 61.9 Å². The van der Waals surface area contributed by atoms with Gasteiger partial charge in [0.05, 0.1) is 11.9 Å². The maximum atomic E-state index is 14.1. The van der Waals surface area contributed by atoms with Gasteiger partial charge in [0.25, 0.3) is 5.91 Å². The third-order valence-electron chi connectivity index (χ3n) is 7.36. The van der Waals surface area contributed by atoms with Gasteiger partial charge in [0, 0.05) is 54.0 Å². The maximum Gasteiger partial charge on any atom is 0.276 e. The van der Waals surface area contributed by atoms with Crippen molar-refractivity contribution in [2.45, 2.75) is 53.4 Å². The zero-order chi connectivity index (χ0) is 32.7. The highest BCUT2D eigenvalue weighted by molar-refractivity contribution is 7.88. The van der Waals surface area contributed by atoms with Gasteiger partial charge in [-0.25, -0.2) is 18.1 Å². The highest BCUT2D eigenvalue weighted by atomic mass is 35.5. The molecule has 11 nitrogen and oxygen atoms in total. The normalized spacial score (nSPS) is 13.7. The molecule has 0 spiro atoms. The topological polar surface area (TPSA) is 125 Å². The number of likely N-dealkylation sites (N-methyl/N-ethyl adjacent to an activating group) is 1. The molecule has 45 heavy (non-hydrogen) atoms. The third kappa shape index (κ3) is 8.69. The van der Waals surface area contributed by atoms with E-state index in [1.165, 1.54) is 4.68 Å². The summed E-state index contributed by atoms with van der Waals surface area (Å²) in [5.41, 5.74) is 3.60. The van der Waals surface area contributed by atoms with Gasteiger partial charge in [0.2, 0.25) is 15.8 Å². The van der Waals surface area contributed by atoms with Crippen LogP contribution < -0.4 is 9.62 Å². The van der Waals surface area contributed by atoms with Gasteiger partial charge in [-0.2, -0.15) is 9.78 Å². The lowest BCUT2D eigenvalue weighted by molar-refractivity contribution is -0.124. The summed E-state index contributed by atoms with van der Waals surface area (Å²) in [7, 11) is -3.28. The molecule has 4 rings (SSSR count). The average molecular weight is 676 g/mol. The molecule has 2 aromatic carbocycles. The third-order valence-corrected chi connectivity index (χ3v) is 8.52. The fraction of sp³-hybridized carbons (Fsp3) is 0.452. The van der Waals surface area contributed by atoms with Crippen molar-refractivity contribution in [1.82, 2.24) is 24.5 Å². The molecule has 1 aromatic heterocycles. The molecular formula is C31H40Cl2N8O3S. The molecule has 0 unspecified atom stereocenters. The number of carbonyl (C=O) groups excluding carboxylic acids is 1. The van der Waals surface area contributed by atoms with E-state index in [4.69, 9.17) is 33.3 Å². The largest absolute Gasteiger partial charge is 0.370 e. The van der Waals surface area contributed by atoms with Crippen molar-refractivity contribution < 1.29 is 13.2 Å². The number of nitrogens with zero attached hydrogens (tertiary/aromatic N) is 7. The molecule has 14 heteroatoms. The van der Waals surface area contributed by atoms with E-state index in [0.717, 1.165) is 43.2 Å².